The van der Waals surface area contributed by atoms with Gasteiger partial charge in [0.25, 0.3) is 0 Å². The van der Waals surface area contributed by atoms with Gasteiger partial charge in [-0.15, -0.1) is 0 Å². The molecule has 2 aromatic carbocycles. The molecular formula is C22H22N4O. The van der Waals surface area contributed by atoms with E-state index in [1.807, 2.05) is 18.2 Å². The van der Waals surface area contributed by atoms with Gasteiger partial charge >= 0.3 is 0 Å². The van der Waals surface area contributed by atoms with Crippen LogP contribution in [0.4, 0.5) is 0 Å². The highest BCUT2D eigenvalue weighted by molar-refractivity contribution is 5.81. The lowest BCUT2D eigenvalue weighted by Gasteiger charge is -2.11. The second-order valence-corrected chi connectivity index (χ2v) is 7.14. The zero-order valence-electron chi connectivity index (χ0n) is 16.0. The van der Waals surface area contributed by atoms with Crippen LogP contribution >= 0.6 is 0 Å². The van der Waals surface area contributed by atoms with E-state index >= 15 is 0 Å². The maximum atomic E-state index is 6.13. The van der Waals surface area contributed by atoms with Crippen molar-refractivity contribution >= 4 is 11.0 Å². The fourth-order valence-electron chi connectivity index (χ4n) is 3.06. The van der Waals surface area contributed by atoms with Gasteiger partial charge in [-0.25, -0.2) is 14.6 Å². The van der Waals surface area contributed by atoms with Crippen LogP contribution < -0.4 is 4.74 Å². The number of fused-ring (bicyclic) bond motifs is 1. The van der Waals surface area contributed by atoms with Crippen LogP contribution in [0.2, 0.25) is 0 Å². The lowest BCUT2D eigenvalue weighted by atomic mass is 10.0. The van der Waals surface area contributed by atoms with Crippen molar-refractivity contribution in [1.29, 1.82) is 0 Å². The first-order valence-electron chi connectivity index (χ1n) is 9.06. The predicted molar refractivity (Wildman–Crippen MR) is 107 cm³/mol. The molecule has 0 saturated carbocycles. The minimum absolute atomic E-state index is 0.432. The van der Waals surface area contributed by atoms with Crippen molar-refractivity contribution in [1.82, 2.24) is 19.7 Å². The van der Waals surface area contributed by atoms with Crippen molar-refractivity contribution in [3.05, 3.63) is 71.7 Å². The Morgan fingerprint density at radius 1 is 0.926 bits per heavy atom. The van der Waals surface area contributed by atoms with E-state index in [0.29, 0.717) is 11.8 Å². The van der Waals surface area contributed by atoms with Crippen LogP contribution in [0.25, 0.3) is 16.7 Å². The highest BCUT2D eigenvalue weighted by Crippen LogP contribution is 2.30. The molecule has 4 rings (SSSR count). The van der Waals surface area contributed by atoms with Gasteiger partial charge in [0.05, 0.1) is 11.9 Å². The third kappa shape index (κ3) is 3.40. The Kier molecular flexibility index (Phi) is 4.36. The molecule has 2 aromatic heterocycles. The average molecular weight is 358 g/mol. The third-order valence-electron chi connectivity index (χ3n) is 4.56. The highest BCUT2D eigenvalue weighted by atomic mass is 16.5. The highest BCUT2D eigenvalue weighted by Gasteiger charge is 2.13. The number of aromatic nitrogens is 4. The van der Waals surface area contributed by atoms with Crippen LogP contribution in [0.3, 0.4) is 0 Å². The van der Waals surface area contributed by atoms with Crippen LogP contribution in [0.5, 0.6) is 11.6 Å². The molecule has 136 valence electrons. The fraction of sp³-hybridized carbons (Fsp3) is 0.227. The molecule has 0 aliphatic heterocycles. The fourth-order valence-corrected chi connectivity index (χ4v) is 3.06. The molecule has 27 heavy (non-hydrogen) atoms. The van der Waals surface area contributed by atoms with E-state index in [-0.39, 0.29) is 0 Å². The summed E-state index contributed by atoms with van der Waals surface area (Å²) in [7, 11) is 0. The van der Waals surface area contributed by atoms with Gasteiger partial charge in [0.2, 0.25) is 5.88 Å². The standard InChI is InChI=1S/C22H22N4O/c1-14(2)17-9-16(4)10-19(11-17)27-22-20-12-25-26(21(20)23-13-24-22)18-7-5-15(3)6-8-18/h5-14H,1-4H3. The van der Waals surface area contributed by atoms with E-state index in [1.165, 1.54) is 17.5 Å². The van der Waals surface area contributed by atoms with E-state index in [1.54, 1.807) is 10.9 Å². The Bertz CT molecular complexity index is 1100. The number of hydrogen-bond acceptors (Lipinski definition) is 4. The Balaban J connectivity index is 1.75. The van der Waals surface area contributed by atoms with E-state index in [9.17, 15) is 0 Å². The molecule has 0 fully saturated rings. The minimum Gasteiger partial charge on any atom is -0.438 e. The molecule has 0 saturated heterocycles. The number of ether oxygens (including phenoxy) is 1. The molecule has 0 N–H and O–H groups in total. The van der Waals surface area contributed by atoms with Crippen molar-refractivity contribution in [3.63, 3.8) is 0 Å². The summed E-state index contributed by atoms with van der Waals surface area (Å²) >= 11 is 0. The summed E-state index contributed by atoms with van der Waals surface area (Å²) in [6, 6.07) is 14.4. The van der Waals surface area contributed by atoms with E-state index < -0.39 is 0 Å². The van der Waals surface area contributed by atoms with Crippen LogP contribution in [0.1, 0.15) is 36.5 Å². The molecule has 0 bridgehead atoms. The molecule has 5 nitrogen and oxygen atoms in total. The number of aryl methyl sites for hydroxylation is 2. The second kappa shape index (κ2) is 6.83. The van der Waals surface area contributed by atoms with Crippen molar-refractivity contribution in [2.75, 3.05) is 0 Å². The summed E-state index contributed by atoms with van der Waals surface area (Å²) in [5.74, 6) is 1.72. The van der Waals surface area contributed by atoms with E-state index in [4.69, 9.17) is 4.74 Å². The topological polar surface area (TPSA) is 52.8 Å². The Labute approximate surface area is 158 Å². The number of hydrogen-bond donors (Lipinski definition) is 0. The maximum Gasteiger partial charge on any atom is 0.233 e. The van der Waals surface area contributed by atoms with Crippen molar-refractivity contribution in [3.8, 4) is 17.3 Å². The van der Waals surface area contributed by atoms with Gasteiger partial charge in [0.1, 0.15) is 17.5 Å². The summed E-state index contributed by atoms with van der Waals surface area (Å²) in [5, 5.41) is 5.28. The molecule has 0 spiro atoms. The van der Waals surface area contributed by atoms with Gasteiger partial charge in [-0.05, 0) is 55.2 Å². The first kappa shape index (κ1) is 17.2. The molecule has 4 aromatic rings. The Morgan fingerprint density at radius 2 is 1.70 bits per heavy atom. The van der Waals surface area contributed by atoms with Crippen molar-refractivity contribution in [2.24, 2.45) is 0 Å². The van der Waals surface area contributed by atoms with Crippen LogP contribution in [-0.2, 0) is 0 Å². The molecule has 0 amide bonds. The molecule has 0 radical (unpaired) electrons. The smallest absolute Gasteiger partial charge is 0.233 e. The van der Waals surface area contributed by atoms with Gasteiger partial charge in [-0.1, -0.05) is 37.6 Å². The lowest BCUT2D eigenvalue weighted by Crippen LogP contribution is -1.98. The number of nitrogens with zero attached hydrogens (tertiary/aromatic N) is 4. The lowest BCUT2D eigenvalue weighted by molar-refractivity contribution is 0.466. The second-order valence-electron chi connectivity index (χ2n) is 7.14. The molecule has 0 atom stereocenters. The van der Waals surface area contributed by atoms with Crippen molar-refractivity contribution in [2.45, 2.75) is 33.6 Å². The summed E-state index contributed by atoms with van der Waals surface area (Å²) in [6.45, 7) is 8.48. The minimum atomic E-state index is 0.432. The van der Waals surface area contributed by atoms with Gasteiger partial charge in [0.15, 0.2) is 5.65 Å². The maximum absolute atomic E-state index is 6.13. The number of rotatable bonds is 4. The molecule has 2 heterocycles. The zero-order valence-corrected chi connectivity index (χ0v) is 16.0. The van der Waals surface area contributed by atoms with E-state index in [0.717, 1.165) is 28.0 Å². The van der Waals surface area contributed by atoms with Gasteiger partial charge < -0.3 is 4.74 Å². The number of benzene rings is 2. The molecule has 5 heteroatoms. The Morgan fingerprint density at radius 3 is 2.44 bits per heavy atom. The molecular weight excluding hydrogens is 336 g/mol. The largest absolute Gasteiger partial charge is 0.438 e. The quantitative estimate of drug-likeness (QED) is 0.493. The van der Waals surface area contributed by atoms with Crippen LogP contribution in [0, 0.1) is 13.8 Å². The zero-order chi connectivity index (χ0) is 19.0. The van der Waals surface area contributed by atoms with Gasteiger partial charge in [-0.3, -0.25) is 0 Å². The average Bonchev–Trinajstić information content (AvgIpc) is 3.07. The van der Waals surface area contributed by atoms with Gasteiger partial charge in [0, 0.05) is 0 Å². The third-order valence-corrected chi connectivity index (χ3v) is 4.56. The Hall–Kier alpha value is -3.21. The predicted octanol–water partition coefficient (Wildman–Crippen LogP) is 5.35. The molecule has 0 aliphatic carbocycles. The van der Waals surface area contributed by atoms with Crippen LogP contribution in [0.15, 0.2) is 55.0 Å². The summed E-state index contributed by atoms with van der Waals surface area (Å²) in [6.07, 6.45) is 3.27. The van der Waals surface area contributed by atoms with Crippen LogP contribution in [-0.4, -0.2) is 19.7 Å². The normalized spacial score (nSPS) is 11.3. The molecule has 0 unspecified atom stereocenters. The first-order valence-corrected chi connectivity index (χ1v) is 9.06. The monoisotopic (exact) mass is 358 g/mol. The van der Waals surface area contributed by atoms with Gasteiger partial charge in [-0.2, -0.15) is 5.10 Å². The summed E-state index contributed by atoms with van der Waals surface area (Å²) < 4.78 is 7.93. The van der Waals surface area contributed by atoms with Crippen molar-refractivity contribution < 1.29 is 4.74 Å². The SMILES string of the molecule is Cc1ccc(-n2ncc3c(Oc4cc(C)cc(C(C)C)c4)ncnc32)cc1. The first-order chi connectivity index (χ1) is 13.0. The van der Waals surface area contributed by atoms with E-state index in [2.05, 4.69) is 67.0 Å². The molecule has 0 aliphatic rings. The summed E-state index contributed by atoms with van der Waals surface area (Å²) in [5.41, 5.74) is 5.29. The summed E-state index contributed by atoms with van der Waals surface area (Å²) in [4.78, 5) is 8.76.